The van der Waals surface area contributed by atoms with Crippen LogP contribution < -0.4 is 27.0 Å². The summed E-state index contributed by atoms with van der Waals surface area (Å²) >= 11 is 0. The SMILES string of the molecule is CC[C@H](C)[C@@H]1NC(=O)[C@@H]2CCCN2C(=O)[C@H](C)NC(=O)CCC/C=C/COC[C@@H](C(=O)N[C@@H](CC(C)C)C(N)=O)NC1=O. The first-order valence-electron chi connectivity index (χ1n) is 15.4. The Balaban J connectivity index is 2.34. The maximum atomic E-state index is 13.6. The highest BCUT2D eigenvalue weighted by Crippen LogP contribution is 2.20. The highest BCUT2D eigenvalue weighted by atomic mass is 16.5. The minimum Gasteiger partial charge on any atom is -0.375 e. The van der Waals surface area contributed by atoms with Gasteiger partial charge < -0.3 is 36.6 Å². The van der Waals surface area contributed by atoms with Crippen molar-refractivity contribution in [1.82, 2.24) is 26.2 Å². The van der Waals surface area contributed by atoms with E-state index in [4.69, 9.17) is 10.5 Å². The molecule has 6 amide bonds. The summed E-state index contributed by atoms with van der Waals surface area (Å²) in [7, 11) is 0. The molecule has 13 nitrogen and oxygen atoms in total. The number of nitrogens with two attached hydrogens (primary N) is 1. The molecule has 0 spiro atoms. The van der Waals surface area contributed by atoms with Gasteiger partial charge in [-0.05, 0) is 50.9 Å². The lowest BCUT2D eigenvalue weighted by Gasteiger charge is -2.31. The summed E-state index contributed by atoms with van der Waals surface area (Å²) in [5.74, 6) is -3.23. The van der Waals surface area contributed by atoms with Crippen molar-refractivity contribution in [3.05, 3.63) is 12.2 Å². The topological polar surface area (TPSA) is 189 Å². The average Bonchev–Trinajstić information content (AvgIpc) is 3.44. The van der Waals surface area contributed by atoms with Gasteiger partial charge in [-0.3, -0.25) is 28.8 Å². The Labute approximate surface area is 254 Å². The van der Waals surface area contributed by atoms with Crippen molar-refractivity contribution >= 4 is 35.4 Å². The van der Waals surface area contributed by atoms with Crippen LogP contribution in [0.25, 0.3) is 0 Å². The summed E-state index contributed by atoms with van der Waals surface area (Å²) in [4.78, 5) is 79.4. The lowest BCUT2D eigenvalue weighted by atomic mass is 9.97. The van der Waals surface area contributed by atoms with Crippen molar-refractivity contribution in [3.8, 4) is 0 Å². The minimum absolute atomic E-state index is 0.0775. The molecule has 6 N–H and O–H groups in total. The van der Waals surface area contributed by atoms with Crippen molar-refractivity contribution in [2.75, 3.05) is 19.8 Å². The van der Waals surface area contributed by atoms with Gasteiger partial charge >= 0.3 is 0 Å². The summed E-state index contributed by atoms with van der Waals surface area (Å²) in [5, 5.41) is 10.9. The molecule has 1 fully saturated rings. The second-order valence-electron chi connectivity index (χ2n) is 11.9. The predicted octanol–water partition coefficient (Wildman–Crippen LogP) is 0.271. The first-order valence-corrected chi connectivity index (χ1v) is 15.4. The first-order chi connectivity index (χ1) is 20.3. The fourth-order valence-electron chi connectivity index (χ4n) is 5.13. The van der Waals surface area contributed by atoms with Gasteiger partial charge in [0.2, 0.25) is 35.4 Å². The lowest BCUT2D eigenvalue weighted by Crippen LogP contribution is -2.60. The second-order valence-corrected chi connectivity index (χ2v) is 11.9. The number of carbonyl (C=O) groups excluding carboxylic acids is 6. The number of carbonyl (C=O) groups is 6. The van der Waals surface area contributed by atoms with Crippen molar-refractivity contribution < 1.29 is 33.5 Å². The Bertz CT molecular complexity index is 1030. The predicted molar refractivity (Wildman–Crippen MR) is 160 cm³/mol. The molecular weight excluding hydrogens is 556 g/mol. The Morgan fingerprint density at radius 1 is 1.07 bits per heavy atom. The molecule has 0 aromatic rings. The zero-order valence-corrected chi connectivity index (χ0v) is 26.1. The van der Waals surface area contributed by atoms with Crippen LogP contribution in [0.1, 0.15) is 79.6 Å². The molecule has 0 unspecified atom stereocenters. The van der Waals surface area contributed by atoms with Crippen LogP contribution in [0.4, 0.5) is 0 Å². The number of primary amides is 1. The van der Waals surface area contributed by atoms with Gasteiger partial charge in [-0.2, -0.15) is 0 Å². The number of nitrogens with zero attached hydrogens (tertiary/aromatic N) is 1. The molecular formula is C30H50N6O7. The molecule has 0 aromatic carbocycles. The van der Waals surface area contributed by atoms with E-state index >= 15 is 0 Å². The van der Waals surface area contributed by atoms with E-state index in [1.54, 1.807) is 19.9 Å². The van der Waals surface area contributed by atoms with E-state index in [2.05, 4.69) is 21.3 Å². The molecule has 43 heavy (non-hydrogen) atoms. The average molecular weight is 607 g/mol. The largest absolute Gasteiger partial charge is 0.375 e. The molecule has 242 valence electrons. The number of ether oxygens (including phenoxy) is 1. The molecule has 2 aliphatic rings. The van der Waals surface area contributed by atoms with E-state index in [1.165, 1.54) is 4.90 Å². The van der Waals surface area contributed by atoms with E-state index in [0.717, 1.165) is 0 Å². The van der Waals surface area contributed by atoms with E-state index in [9.17, 15) is 28.8 Å². The van der Waals surface area contributed by atoms with Crippen molar-refractivity contribution in [2.45, 2.75) is 110 Å². The fourth-order valence-corrected chi connectivity index (χ4v) is 5.13. The third-order valence-corrected chi connectivity index (χ3v) is 7.82. The standard InChI is InChI=1S/C30H50N6O7/c1-6-19(4)25-29(41)34-22(27(39)33-21(26(31)38)16-18(2)3)17-43-15-10-8-7-9-13-24(37)32-20(5)30(42)36-14-11-12-23(36)28(40)35-25/h8,10,18-23,25H,6-7,9,11-17H2,1-5H3,(H2,31,38)(H,32,37)(H,33,39)(H,34,41)(H,35,40)/b10-8+/t19-,20-,21-,22-,23-,25-/m0/s1. The van der Waals surface area contributed by atoms with Gasteiger partial charge in [0.05, 0.1) is 13.2 Å². The van der Waals surface area contributed by atoms with Gasteiger partial charge in [0.15, 0.2) is 0 Å². The van der Waals surface area contributed by atoms with Gasteiger partial charge in [-0.25, -0.2) is 0 Å². The van der Waals surface area contributed by atoms with Crippen molar-refractivity contribution in [1.29, 1.82) is 0 Å². The van der Waals surface area contributed by atoms with E-state index in [1.807, 2.05) is 26.8 Å². The van der Waals surface area contributed by atoms with Crippen LogP contribution in [0.3, 0.4) is 0 Å². The van der Waals surface area contributed by atoms with Crippen LogP contribution in [0.5, 0.6) is 0 Å². The quantitative estimate of drug-likeness (QED) is 0.257. The third-order valence-electron chi connectivity index (χ3n) is 7.82. The number of nitrogens with one attached hydrogen (secondary N) is 4. The second kappa shape index (κ2) is 17.6. The number of allylic oxidation sites excluding steroid dienone is 1. The monoisotopic (exact) mass is 606 g/mol. The summed E-state index contributed by atoms with van der Waals surface area (Å²) in [6, 6.07) is -4.70. The van der Waals surface area contributed by atoms with E-state index in [-0.39, 0.29) is 43.3 Å². The first kappa shape index (κ1) is 35.7. The Morgan fingerprint density at radius 2 is 1.79 bits per heavy atom. The molecule has 0 bridgehead atoms. The van der Waals surface area contributed by atoms with Crippen molar-refractivity contribution in [3.63, 3.8) is 0 Å². The normalized spacial score (nSPS) is 27.3. The highest BCUT2D eigenvalue weighted by molar-refractivity contribution is 5.96. The summed E-state index contributed by atoms with van der Waals surface area (Å²) in [5.41, 5.74) is 5.52. The Hall–Kier alpha value is -3.48. The molecule has 0 saturated carbocycles. The number of hydrogen-bond donors (Lipinski definition) is 5. The zero-order chi connectivity index (χ0) is 32.1. The molecule has 0 aliphatic carbocycles. The highest BCUT2D eigenvalue weighted by Gasteiger charge is 2.39. The molecule has 1 saturated heterocycles. The maximum absolute atomic E-state index is 13.6. The van der Waals surface area contributed by atoms with Gasteiger partial charge in [0.1, 0.15) is 30.2 Å². The lowest BCUT2D eigenvalue weighted by molar-refractivity contribution is -0.142. The smallest absolute Gasteiger partial charge is 0.245 e. The molecule has 2 rings (SSSR count). The van der Waals surface area contributed by atoms with Crippen LogP contribution in [-0.4, -0.2) is 90.3 Å². The Kier molecular flexibility index (Phi) is 14.6. The van der Waals surface area contributed by atoms with E-state index in [0.29, 0.717) is 45.1 Å². The van der Waals surface area contributed by atoms with Gasteiger partial charge in [-0.1, -0.05) is 46.3 Å². The van der Waals surface area contributed by atoms with Crippen LogP contribution >= 0.6 is 0 Å². The van der Waals surface area contributed by atoms with Crippen LogP contribution in [0, 0.1) is 11.8 Å². The minimum atomic E-state index is -1.17. The third kappa shape index (κ3) is 11.3. The maximum Gasteiger partial charge on any atom is 0.245 e. The van der Waals surface area contributed by atoms with Gasteiger partial charge in [0, 0.05) is 13.0 Å². The van der Waals surface area contributed by atoms with Gasteiger partial charge in [0.25, 0.3) is 0 Å². The Morgan fingerprint density at radius 3 is 2.44 bits per heavy atom. The zero-order valence-electron chi connectivity index (χ0n) is 26.1. The summed E-state index contributed by atoms with van der Waals surface area (Å²) < 4.78 is 5.68. The van der Waals surface area contributed by atoms with E-state index < -0.39 is 53.8 Å². The van der Waals surface area contributed by atoms with Crippen LogP contribution in [-0.2, 0) is 33.5 Å². The molecule has 0 aromatic heterocycles. The molecule has 13 heteroatoms. The molecule has 6 atom stereocenters. The van der Waals surface area contributed by atoms with Crippen LogP contribution in [0.2, 0.25) is 0 Å². The number of rotatable bonds is 7. The fraction of sp³-hybridized carbons (Fsp3) is 0.733. The number of fused-ring (bicyclic) bond motifs is 1. The van der Waals surface area contributed by atoms with Crippen LogP contribution in [0.15, 0.2) is 12.2 Å². The molecule has 2 aliphatic heterocycles. The summed E-state index contributed by atoms with van der Waals surface area (Å²) in [6.45, 7) is 9.38. The number of amides is 6. The van der Waals surface area contributed by atoms with Crippen molar-refractivity contribution in [2.24, 2.45) is 17.6 Å². The molecule has 2 heterocycles. The number of hydrogen-bond acceptors (Lipinski definition) is 7. The summed E-state index contributed by atoms with van der Waals surface area (Å²) in [6.07, 6.45) is 6.88. The molecule has 0 radical (unpaired) electrons. The van der Waals surface area contributed by atoms with Gasteiger partial charge in [-0.15, -0.1) is 0 Å².